The van der Waals surface area contributed by atoms with Gasteiger partial charge >= 0.3 is 0 Å². The monoisotopic (exact) mass is 241 g/mol. The van der Waals surface area contributed by atoms with Crippen LogP contribution in [0.5, 0.6) is 0 Å². The van der Waals surface area contributed by atoms with E-state index in [2.05, 4.69) is 45.1 Å². The largest absolute Gasteiger partial charge is 0.324 e. The van der Waals surface area contributed by atoms with Gasteiger partial charge in [-0.1, -0.05) is 20.3 Å². The highest BCUT2D eigenvalue weighted by Crippen LogP contribution is 2.17. The maximum absolute atomic E-state index is 12.2. The number of rotatable bonds is 6. The summed E-state index contributed by atoms with van der Waals surface area (Å²) >= 11 is 0. The highest BCUT2D eigenvalue weighted by atomic mass is 16.2. The lowest BCUT2D eigenvalue weighted by atomic mass is 10.2. The Labute approximate surface area is 105 Å². The fraction of sp³-hybridized carbons (Fsp3) is 0.923. The summed E-state index contributed by atoms with van der Waals surface area (Å²) in [4.78, 5) is 16.4. The van der Waals surface area contributed by atoms with Gasteiger partial charge < -0.3 is 9.80 Å². The zero-order valence-electron chi connectivity index (χ0n) is 11.9. The molecule has 1 aliphatic heterocycles. The van der Waals surface area contributed by atoms with E-state index in [9.17, 15) is 4.79 Å². The molecule has 1 rings (SSSR count). The molecule has 1 heterocycles. The van der Waals surface area contributed by atoms with Crippen LogP contribution in [0.25, 0.3) is 0 Å². The molecule has 0 spiro atoms. The van der Waals surface area contributed by atoms with Crippen molar-refractivity contribution in [2.45, 2.75) is 58.3 Å². The molecule has 0 aromatic carbocycles. The fourth-order valence-electron chi connectivity index (χ4n) is 2.22. The van der Waals surface area contributed by atoms with Gasteiger partial charge in [0.1, 0.15) is 0 Å². The Morgan fingerprint density at radius 2 is 2.06 bits per heavy atom. The van der Waals surface area contributed by atoms with Gasteiger partial charge in [0.2, 0.25) is 5.91 Å². The first-order chi connectivity index (χ1) is 8.01. The molecule has 1 aliphatic rings. The molecule has 1 N–H and O–H groups in total. The number of hydrogen-bond donors (Lipinski definition) is 1. The lowest BCUT2D eigenvalue weighted by molar-refractivity contribution is -0.130. The lowest BCUT2D eigenvalue weighted by Crippen LogP contribution is -2.45. The average Bonchev–Trinajstić information content (AvgIpc) is 2.57. The number of likely N-dealkylation sites (N-methyl/N-ethyl adjacent to an activating group) is 1. The Kier molecular flexibility index (Phi) is 5.40. The van der Waals surface area contributed by atoms with Crippen LogP contribution in [-0.2, 0) is 4.79 Å². The highest BCUT2D eigenvalue weighted by molar-refractivity contribution is 5.84. The van der Waals surface area contributed by atoms with Crippen molar-refractivity contribution in [1.29, 1.82) is 0 Å². The van der Waals surface area contributed by atoms with Crippen LogP contribution in [-0.4, -0.2) is 54.6 Å². The number of nitrogens with one attached hydrogen (secondary N) is 1. The summed E-state index contributed by atoms with van der Waals surface area (Å²) in [5.74, 6) is 0.277. The van der Waals surface area contributed by atoms with Gasteiger partial charge in [-0.25, -0.2) is 0 Å². The summed E-state index contributed by atoms with van der Waals surface area (Å²) in [6, 6.07) is 0.427. The van der Waals surface area contributed by atoms with Crippen LogP contribution >= 0.6 is 0 Å². The van der Waals surface area contributed by atoms with E-state index in [-0.39, 0.29) is 18.1 Å². The maximum atomic E-state index is 12.2. The van der Waals surface area contributed by atoms with E-state index in [1.807, 2.05) is 4.90 Å². The summed E-state index contributed by atoms with van der Waals surface area (Å²) in [6.45, 7) is 7.21. The number of hydrogen-bond acceptors (Lipinski definition) is 3. The van der Waals surface area contributed by atoms with Crippen molar-refractivity contribution in [1.82, 2.24) is 15.1 Å². The molecule has 4 nitrogen and oxygen atoms in total. The lowest BCUT2D eigenvalue weighted by Gasteiger charge is -2.30. The predicted molar refractivity (Wildman–Crippen MR) is 70.8 cm³/mol. The Bertz CT molecular complexity index is 255. The number of nitrogens with zero attached hydrogens (tertiary/aromatic N) is 2. The average molecular weight is 241 g/mol. The standard InChI is InChI=1S/C13H27N3O/c1-6-8-12-14-11(7-2)13(17)16(12)9-10(3)15(4)5/h10-12,14H,6-9H2,1-5H3. The van der Waals surface area contributed by atoms with Gasteiger partial charge in [-0.2, -0.15) is 0 Å². The minimum Gasteiger partial charge on any atom is -0.324 e. The molecule has 0 saturated carbocycles. The van der Waals surface area contributed by atoms with Crippen molar-refractivity contribution in [3.63, 3.8) is 0 Å². The summed E-state index contributed by atoms with van der Waals surface area (Å²) in [5.41, 5.74) is 0. The van der Waals surface area contributed by atoms with Crippen LogP contribution in [0.15, 0.2) is 0 Å². The zero-order chi connectivity index (χ0) is 13.0. The Balaban J connectivity index is 2.67. The Hall–Kier alpha value is -0.610. The van der Waals surface area contributed by atoms with E-state index in [4.69, 9.17) is 0 Å². The summed E-state index contributed by atoms with van der Waals surface area (Å²) < 4.78 is 0. The molecule has 4 heteroatoms. The second-order valence-corrected chi connectivity index (χ2v) is 5.24. The molecule has 0 bridgehead atoms. The molecule has 0 aromatic heterocycles. The minimum absolute atomic E-state index is 0.0286. The van der Waals surface area contributed by atoms with Gasteiger partial charge in [-0.05, 0) is 33.9 Å². The van der Waals surface area contributed by atoms with Gasteiger partial charge in [0, 0.05) is 12.6 Å². The molecular weight excluding hydrogens is 214 g/mol. The molecule has 17 heavy (non-hydrogen) atoms. The van der Waals surface area contributed by atoms with E-state index in [0.717, 1.165) is 25.8 Å². The van der Waals surface area contributed by atoms with E-state index < -0.39 is 0 Å². The van der Waals surface area contributed by atoms with Gasteiger partial charge in [-0.3, -0.25) is 10.1 Å². The molecule has 3 atom stereocenters. The number of carbonyl (C=O) groups is 1. The van der Waals surface area contributed by atoms with Crippen molar-refractivity contribution < 1.29 is 4.79 Å². The second-order valence-electron chi connectivity index (χ2n) is 5.24. The topological polar surface area (TPSA) is 35.6 Å². The van der Waals surface area contributed by atoms with Crippen LogP contribution < -0.4 is 5.32 Å². The van der Waals surface area contributed by atoms with Crippen LogP contribution in [0, 0.1) is 0 Å². The maximum Gasteiger partial charge on any atom is 0.241 e. The first-order valence-corrected chi connectivity index (χ1v) is 6.74. The third-order valence-electron chi connectivity index (χ3n) is 3.66. The normalized spacial score (nSPS) is 26.9. The van der Waals surface area contributed by atoms with E-state index >= 15 is 0 Å². The minimum atomic E-state index is 0.0286. The van der Waals surface area contributed by atoms with Crippen molar-refractivity contribution in [3.8, 4) is 0 Å². The predicted octanol–water partition coefficient (Wildman–Crippen LogP) is 1.27. The smallest absolute Gasteiger partial charge is 0.241 e. The van der Waals surface area contributed by atoms with Crippen molar-refractivity contribution in [2.24, 2.45) is 0 Å². The SMILES string of the molecule is CCCC1NC(CC)C(=O)N1CC(C)N(C)C. The Morgan fingerprint density at radius 3 is 2.53 bits per heavy atom. The van der Waals surface area contributed by atoms with Crippen molar-refractivity contribution in [3.05, 3.63) is 0 Å². The zero-order valence-corrected chi connectivity index (χ0v) is 11.9. The van der Waals surface area contributed by atoms with Gasteiger partial charge in [0.25, 0.3) is 0 Å². The van der Waals surface area contributed by atoms with E-state index in [0.29, 0.717) is 6.04 Å². The third-order valence-corrected chi connectivity index (χ3v) is 3.66. The summed E-state index contributed by atoms with van der Waals surface area (Å²) in [6.07, 6.45) is 3.27. The van der Waals surface area contributed by atoms with Crippen LogP contribution in [0.3, 0.4) is 0 Å². The molecule has 3 unspecified atom stereocenters. The van der Waals surface area contributed by atoms with Gasteiger partial charge in [0.15, 0.2) is 0 Å². The number of carbonyl (C=O) groups excluding carboxylic acids is 1. The van der Waals surface area contributed by atoms with Crippen LogP contribution in [0.4, 0.5) is 0 Å². The highest BCUT2D eigenvalue weighted by Gasteiger charge is 2.37. The van der Waals surface area contributed by atoms with Crippen LogP contribution in [0.1, 0.15) is 40.0 Å². The van der Waals surface area contributed by atoms with Gasteiger partial charge in [-0.15, -0.1) is 0 Å². The van der Waals surface area contributed by atoms with Crippen molar-refractivity contribution >= 4 is 5.91 Å². The molecule has 0 radical (unpaired) electrons. The second kappa shape index (κ2) is 6.36. The fourth-order valence-corrected chi connectivity index (χ4v) is 2.22. The molecule has 1 amide bonds. The first kappa shape index (κ1) is 14.5. The number of amides is 1. The first-order valence-electron chi connectivity index (χ1n) is 6.74. The molecule has 1 fully saturated rings. The molecular formula is C13H27N3O. The third kappa shape index (κ3) is 3.42. The molecule has 1 saturated heterocycles. The molecule has 100 valence electrons. The summed E-state index contributed by atoms with van der Waals surface area (Å²) in [5, 5.41) is 3.44. The van der Waals surface area contributed by atoms with Crippen molar-refractivity contribution in [2.75, 3.05) is 20.6 Å². The quantitative estimate of drug-likeness (QED) is 0.761. The van der Waals surface area contributed by atoms with E-state index in [1.165, 1.54) is 0 Å². The van der Waals surface area contributed by atoms with Gasteiger partial charge in [0.05, 0.1) is 12.2 Å². The van der Waals surface area contributed by atoms with E-state index in [1.54, 1.807) is 0 Å². The molecule has 0 aromatic rings. The summed E-state index contributed by atoms with van der Waals surface area (Å²) in [7, 11) is 4.12. The Morgan fingerprint density at radius 1 is 1.41 bits per heavy atom. The molecule has 0 aliphatic carbocycles. The van der Waals surface area contributed by atoms with Crippen LogP contribution in [0.2, 0.25) is 0 Å².